The maximum atomic E-state index is 5.78. The van der Waals surface area contributed by atoms with Crippen molar-refractivity contribution >= 4 is 0 Å². The van der Waals surface area contributed by atoms with E-state index in [4.69, 9.17) is 4.74 Å². The van der Waals surface area contributed by atoms with E-state index >= 15 is 0 Å². The number of ether oxygens (including phenoxy) is 1. The molecule has 0 aliphatic carbocycles. The molecule has 0 aromatic rings. The van der Waals surface area contributed by atoms with Gasteiger partial charge in [0.15, 0.2) is 0 Å². The van der Waals surface area contributed by atoms with E-state index in [0.717, 1.165) is 45.9 Å². The lowest BCUT2D eigenvalue weighted by Crippen LogP contribution is -2.47. The zero-order valence-corrected chi connectivity index (χ0v) is 11.9. The Labute approximate surface area is 106 Å². The van der Waals surface area contributed by atoms with Crippen molar-refractivity contribution in [3.05, 3.63) is 0 Å². The van der Waals surface area contributed by atoms with Crippen molar-refractivity contribution < 1.29 is 4.74 Å². The number of rotatable bonds is 7. The van der Waals surface area contributed by atoms with Gasteiger partial charge in [-0.2, -0.15) is 0 Å². The first-order valence-corrected chi connectivity index (χ1v) is 6.77. The Morgan fingerprint density at radius 3 is 2.59 bits per heavy atom. The SMILES string of the molecule is CC(C)CN(CCN(C)C)CC1CNCCO1. The molecular formula is C13H29N3O. The van der Waals surface area contributed by atoms with Gasteiger partial charge in [-0.1, -0.05) is 13.8 Å². The average Bonchev–Trinajstić information content (AvgIpc) is 2.26. The van der Waals surface area contributed by atoms with Gasteiger partial charge in [-0.3, -0.25) is 4.90 Å². The summed E-state index contributed by atoms with van der Waals surface area (Å²) in [6.07, 6.45) is 0.365. The highest BCUT2D eigenvalue weighted by Gasteiger charge is 2.18. The van der Waals surface area contributed by atoms with E-state index in [2.05, 4.69) is 43.1 Å². The van der Waals surface area contributed by atoms with Crippen molar-refractivity contribution in [1.29, 1.82) is 0 Å². The third-order valence-corrected chi connectivity index (χ3v) is 2.95. The summed E-state index contributed by atoms with van der Waals surface area (Å²) in [5.74, 6) is 0.716. The van der Waals surface area contributed by atoms with E-state index in [9.17, 15) is 0 Å². The number of nitrogens with one attached hydrogen (secondary N) is 1. The fourth-order valence-electron chi connectivity index (χ4n) is 2.14. The molecule has 1 rings (SSSR count). The summed E-state index contributed by atoms with van der Waals surface area (Å²) in [6.45, 7) is 11.9. The molecule has 4 nitrogen and oxygen atoms in total. The molecule has 0 aromatic carbocycles. The standard InChI is InChI=1S/C13H29N3O/c1-12(2)10-16(7-6-15(3)4)11-13-9-14-5-8-17-13/h12-14H,5-11H2,1-4H3. The maximum Gasteiger partial charge on any atom is 0.0826 e. The maximum absolute atomic E-state index is 5.78. The smallest absolute Gasteiger partial charge is 0.0826 e. The van der Waals surface area contributed by atoms with Crippen LogP contribution in [0.2, 0.25) is 0 Å². The summed E-state index contributed by atoms with van der Waals surface area (Å²) in [4.78, 5) is 4.77. The molecule has 1 aliphatic heterocycles. The second-order valence-electron chi connectivity index (χ2n) is 5.65. The van der Waals surface area contributed by atoms with Crippen molar-refractivity contribution in [2.24, 2.45) is 5.92 Å². The molecule has 1 N–H and O–H groups in total. The molecule has 0 amide bonds. The highest BCUT2D eigenvalue weighted by Crippen LogP contribution is 2.04. The lowest BCUT2D eigenvalue weighted by molar-refractivity contribution is 0.00268. The molecule has 0 aromatic heterocycles. The zero-order valence-electron chi connectivity index (χ0n) is 11.9. The minimum Gasteiger partial charge on any atom is -0.374 e. The third kappa shape index (κ3) is 6.99. The Morgan fingerprint density at radius 2 is 2.06 bits per heavy atom. The number of likely N-dealkylation sites (N-methyl/N-ethyl adjacent to an activating group) is 1. The van der Waals surface area contributed by atoms with Crippen LogP contribution in [0.1, 0.15) is 13.8 Å². The summed E-state index contributed by atoms with van der Waals surface area (Å²) in [7, 11) is 4.26. The lowest BCUT2D eigenvalue weighted by Gasteiger charge is -2.32. The fourth-order valence-corrected chi connectivity index (χ4v) is 2.14. The average molecular weight is 243 g/mol. The first-order chi connectivity index (χ1) is 8.08. The Morgan fingerprint density at radius 1 is 1.29 bits per heavy atom. The van der Waals surface area contributed by atoms with Crippen LogP contribution in [0.4, 0.5) is 0 Å². The van der Waals surface area contributed by atoms with Crippen LogP contribution >= 0.6 is 0 Å². The van der Waals surface area contributed by atoms with Gasteiger partial charge in [0.1, 0.15) is 0 Å². The third-order valence-electron chi connectivity index (χ3n) is 2.95. The van der Waals surface area contributed by atoms with E-state index in [1.54, 1.807) is 0 Å². The van der Waals surface area contributed by atoms with Crippen LogP contribution in [-0.2, 0) is 4.74 Å². The van der Waals surface area contributed by atoms with Gasteiger partial charge in [-0.25, -0.2) is 0 Å². The summed E-state index contributed by atoms with van der Waals surface area (Å²) in [5.41, 5.74) is 0. The molecule has 4 heteroatoms. The van der Waals surface area contributed by atoms with Gasteiger partial charge in [-0.05, 0) is 20.0 Å². The molecule has 1 atom stereocenters. The van der Waals surface area contributed by atoms with Crippen molar-refractivity contribution in [1.82, 2.24) is 15.1 Å². The molecule has 1 fully saturated rings. The van der Waals surface area contributed by atoms with Gasteiger partial charge in [0.25, 0.3) is 0 Å². The number of nitrogens with zero attached hydrogens (tertiary/aromatic N) is 2. The molecule has 1 aliphatic rings. The molecule has 0 saturated carbocycles. The minimum absolute atomic E-state index is 0.365. The molecule has 1 heterocycles. The summed E-state index contributed by atoms with van der Waals surface area (Å²) in [6, 6.07) is 0. The van der Waals surface area contributed by atoms with Crippen LogP contribution < -0.4 is 5.32 Å². The Bertz CT molecular complexity index is 191. The number of hydrogen-bond donors (Lipinski definition) is 1. The molecule has 17 heavy (non-hydrogen) atoms. The molecule has 0 radical (unpaired) electrons. The second-order valence-corrected chi connectivity index (χ2v) is 5.65. The van der Waals surface area contributed by atoms with E-state index in [0.29, 0.717) is 12.0 Å². The second kappa shape index (κ2) is 8.03. The molecule has 102 valence electrons. The van der Waals surface area contributed by atoms with E-state index < -0.39 is 0 Å². The number of hydrogen-bond acceptors (Lipinski definition) is 4. The van der Waals surface area contributed by atoms with Crippen LogP contribution in [0.15, 0.2) is 0 Å². The van der Waals surface area contributed by atoms with Gasteiger partial charge in [0.05, 0.1) is 12.7 Å². The molecular weight excluding hydrogens is 214 g/mol. The van der Waals surface area contributed by atoms with Gasteiger partial charge < -0.3 is 15.0 Å². The predicted octanol–water partition coefficient (Wildman–Crippen LogP) is 0.494. The Balaban J connectivity index is 2.32. The zero-order chi connectivity index (χ0) is 12.7. The monoisotopic (exact) mass is 243 g/mol. The van der Waals surface area contributed by atoms with Gasteiger partial charge in [-0.15, -0.1) is 0 Å². The van der Waals surface area contributed by atoms with Crippen molar-refractivity contribution in [3.63, 3.8) is 0 Å². The van der Waals surface area contributed by atoms with Crippen LogP contribution in [0.3, 0.4) is 0 Å². The van der Waals surface area contributed by atoms with Crippen LogP contribution in [0, 0.1) is 5.92 Å². The summed E-state index contributed by atoms with van der Waals surface area (Å²) >= 11 is 0. The summed E-state index contributed by atoms with van der Waals surface area (Å²) < 4.78 is 5.78. The van der Waals surface area contributed by atoms with Gasteiger partial charge >= 0.3 is 0 Å². The predicted molar refractivity (Wildman–Crippen MR) is 72.4 cm³/mol. The Kier molecular flexibility index (Phi) is 7.04. The molecule has 0 spiro atoms. The molecule has 0 bridgehead atoms. The fraction of sp³-hybridized carbons (Fsp3) is 1.00. The Hall–Kier alpha value is -0.160. The van der Waals surface area contributed by atoms with Crippen LogP contribution in [0.5, 0.6) is 0 Å². The first-order valence-electron chi connectivity index (χ1n) is 6.77. The number of morpholine rings is 1. The van der Waals surface area contributed by atoms with E-state index in [1.807, 2.05) is 0 Å². The highest BCUT2D eigenvalue weighted by molar-refractivity contribution is 4.73. The largest absolute Gasteiger partial charge is 0.374 e. The normalized spacial score (nSPS) is 21.7. The molecule has 1 saturated heterocycles. The summed E-state index contributed by atoms with van der Waals surface area (Å²) in [5, 5.41) is 3.40. The first kappa shape index (κ1) is 14.9. The van der Waals surface area contributed by atoms with Crippen molar-refractivity contribution in [3.8, 4) is 0 Å². The quantitative estimate of drug-likeness (QED) is 0.704. The highest BCUT2D eigenvalue weighted by atomic mass is 16.5. The van der Waals surface area contributed by atoms with Crippen molar-refractivity contribution in [2.75, 3.05) is 60.0 Å². The minimum atomic E-state index is 0.365. The van der Waals surface area contributed by atoms with Crippen molar-refractivity contribution in [2.45, 2.75) is 20.0 Å². The van der Waals surface area contributed by atoms with Gasteiger partial charge in [0, 0.05) is 39.3 Å². The van der Waals surface area contributed by atoms with E-state index in [-0.39, 0.29) is 0 Å². The lowest BCUT2D eigenvalue weighted by atomic mass is 10.2. The van der Waals surface area contributed by atoms with Crippen LogP contribution in [0.25, 0.3) is 0 Å². The van der Waals surface area contributed by atoms with E-state index in [1.165, 1.54) is 0 Å². The topological polar surface area (TPSA) is 27.7 Å². The molecule has 1 unspecified atom stereocenters. The van der Waals surface area contributed by atoms with Gasteiger partial charge in [0.2, 0.25) is 0 Å². The van der Waals surface area contributed by atoms with Crippen LogP contribution in [-0.4, -0.2) is 75.9 Å².